The molecule has 1 saturated carbocycles. The maximum atomic E-state index is 3.74. The molecular weight excluding hydrogens is 264 g/mol. The predicted octanol–water partition coefficient (Wildman–Crippen LogP) is 3.62. The van der Waals surface area contributed by atoms with Crippen LogP contribution in [0.15, 0.2) is 0 Å². The van der Waals surface area contributed by atoms with Gasteiger partial charge in [-0.15, -0.1) is 0 Å². The summed E-state index contributed by atoms with van der Waals surface area (Å²) in [4.78, 5) is 2.76. The molecule has 1 saturated heterocycles. The Labute approximate surface area is 130 Å². The number of hydrogen-bond acceptors (Lipinski definition) is 3. The molecule has 2 rings (SSSR count). The Hall–Kier alpha value is 0.270. The van der Waals surface area contributed by atoms with Gasteiger partial charge in [0, 0.05) is 31.4 Å². The maximum absolute atomic E-state index is 3.74. The summed E-state index contributed by atoms with van der Waals surface area (Å²) >= 11 is 2.14. The van der Waals surface area contributed by atoms with Crippen LogP contribution in [0.5, 0.6) is 0 Å². The quantitative estimate of drug-likeness (QED) is 0.834. The SMILES string of the molecule is CC1CCC(CNC(C)C)(CN2CCCSCC2)CC1. The second-order valence-electron chi connectivity index (χ2n) is 7.46. The van der Waals surface area contributed by atoms with E-state index in [1.54, 1.807) is 0 Å². The topological polar surface area (TPSA) is 15.3 Å². The van der Waals surface area contributed by atoms with Crippen LogP contribution in [0, 0.1) is 11.3 Å². The molecule has 0 aromatic carbocycles. The van der Waals surface area contributed by atoms with E-state index in [2.05, 4.69) is 42.7 Å². The standard InChI is InChI=1S/C17H34N2S/c1-15(2)18-13-17(7-5-16(3)6-8-17)14-19-9-4-11-20-12-10-19/h15-16,18H,4-14H2,1-3H3. The van der Waals surface area contributed by atoms with Crippen molar-refractivity contribution < 1.29 is 0 Å². The lowest BCUT2D eigenvalue weighted by Gasteiger charge is -2.43. The van der Waals surface area contributed by atoms with Crippen LogP contribution >= 0.6 is 11.8 Å². The van der Waals surface area contributed by atoms with Crippen LogP contribution in [0.2, 0.25) is 0 Å². The molecule has 1 aliphatic carbocycles. The van der Waals surface area contributed by atoms with E-state index in [1.165, 1.54) is 69.8 Å². The molecule has 0 atom stereocenters. The summed E-state index contributed by atoms with van der Waals surface area (Å²) in [7, 11) is 0. The molecule has 0 aromatic heterocycles. The minimum Gasteiger partial charge on any atom is -0.314 e. The molecule has 2 aliphatic rings. The third kappa shape index (κ3) is 5.23. The Morgan fingerprint density at radius 2 is 1.95 bits per heavy atom. The van der Waals surface area contributed by atoms with Gasteiger partial charge in [-0.2, -0.15) is 11.8 Å². The third-order valence-electron chi connectivity index (χ3n) is 5.09. The van der Waals surface area contributed by atoms with E-state index >= 15 is 0 Å². The Morgan fingerprint density at radius 1 is 1.20 bits per heavy atom. The first kappa shape index (κ1) is 16.6. The van der Waals surface area contributed by atoms with Crippen molar-refractivity contribution in [2.45, 2.75) is 58.9 Å². The van der Waals surface area contributed by atoms with Crippen LogP contribution in [-0.4, -0.2) is 48.6 Å². The summed E-state index contributed by atoms with van der Waals surface area (Å²) in [5.41, 5.74) is 0.547. The summed E-state index contributed by atoms with van der Waals surface area (Å²) in [6, 6.07) is 0.617. The van der Waals surface area contributed by atoms with E-state index < -0.39 is 0 Å². The molecule has 3 heteroatoms. The number of nitrogens with zero attached hydrogens (tertiary/aromatic N) is 1. The van der Waals surface area contributed by atoms with Crippen molar-refractivity contribution in [1.29, 1.82) is 0 Å². The van der Waals surface area contributed by atoms with Crippen LogP contribution < -0.4 is 5.32 Å². The Morgan fingerprint density at radius 3 is 2.65 bits per heavy atom. The lowest BCUT2D eigenvalue weighted by Crippen LogP contribution is -2.48. The highest BCUT2D eigenvalue weighted by Gasteiger charge is 2.35. The summed E-state index contributed by atoms with van der Waals surface area (Å²) in [6.45, 7) is 12.2. The zero-order valence-corrected chi connectivity index (χ0v) is 14.6. The zero-order chi connectivity index (χ0) is 14.4. The summed E-state index contributed by atoms with van der Waals surface area (Å²) in [6.07, 6.45) is 7.11. The maximum Gasteiger partial charge on any atom is 0.00726 e. The Bertz CT molecular complexity index is 264. The molecule has 118 valence electrons. The first-order valence-corrected chi connectivity index (χ1v) is 9.79. The van der Waals surface area contributed by atoms with Crippen LogP contribution in [0.3, 0.4) is 0 Å². The zero-order valence-electron chi connectivity index (χ0n) is 13.8. The van der Waals surface area contributed by atoms with E-state index in [4.69, 9.17) is 0 Å². The van der Waals surface area contributed by atoms with Gasteiger partial charge in [0.15, 0.2) is 0 Å². The average Bonchev–Trinajstić information content (AvgIpc) is 2.68. The molecule has 0 amide bonds. The van der Waals surface area contributed by atoms with Gasteiger partial charge in [0.2, 0.25) is 0 Å². The minimum absolute atomic E-state index is 0.547. The first-order valence-electron chi connectivity index (χ1n) is 8.63. The van der Waals surface area contributed by atoms with Crippen LogP contribution in [-0.2, 0) is 0 Å². The molecule has 1 aliphatic heterocycles. The summed E-state index contributed by atoms with van der Waals surface area (Å²) < 4.78 is 0. The molecule has 0 spiro atoms. The van der Waals surface area contributed by atoms with E-state index in [1.807, 2.05) is 0 Å². The van der Waals surface area contributed by atoms with E-state index in [0.717, 1.165) is 5.92 Å². The highest BCUT2D eigenvalue weighted by molar-refractivity contribution is 7.99. The summed E-state index contributed by atoms with van der Waals surface area (Å²) in [5, 5.41) is 3.74. The lowest BCUT2D eigenvalue weighted by molar-refractivity contribution is 0.0882. The van der Waals surface area contributed by atoms with Crippen molar-refractivity contribution in [3.8, 4) is 0 Å². The van der Waals surface area contributed by atoms with Crippen LogP contribution in [0.4, 0.5) is 0 Å². The fourth-order valence-corrected chi connectivity index (χ4v) is 4.54. The molecular formula is C17H34N2S. The van der Waals surface area contributed by atoms with Gasteiger partial charge >= 0.3 is 0 Å². The van der Waals surface area contributed by atoms with Crippen molar-refractivity contribution in [3.05, 3.63) is 0 Å². The number of nitrogens with one attached hydrogen (secondary N) is 1. The van der Waals surface area contributed by atoms with Crippen molar-refractivity contribution in [2.24, 2.45) is 11.3 Å². The average molecular weight is 299 g/mol. The fraction of sp³-hybridized carbons (Fsp3) is 1.00. The number of rotatable bonds is 5. The minimum atomic E-state index is 0.547. The van der Waals surface area contributed by atoms with Crippen molar-refractivity contribution in [1.82, 2.24) is 10.2 Å². The normalized spacial score (nSPS) is 33.3. The third-order valence-corrected chi connectivity index (χ3v) is 6.14. The smallest absolute Gasteiger partial charge is 0.00726 e. The van der Waals surface area contributed by atoms with Gasteiger partial charge in [-0.25, -0.2) is 0 Å². The number of hydrogen-bond donors (Lipinski definition) is 1. The second-order valence-corrected chi connectivity index (χ2v) is 8.68. The highest BCUT2D eigenvalue weighted by Crippen LogP contribution is 2.39. The molecule has 0 radical (unpaired) electrons. The Kier molecular flexibility index (Phi) is 6.70. The van der Waals surface area contributed by atoms with Gasteiger partial charge < -0.3 is 10.2 Å². The van der Waals surface area contributed by atoms with Crippen LogP contribution in [0.1, 0.15) is 52.9 Å². The van der Waals surface area contributed by atoms with Crippen molar-refractivity contribution in [2.75, 3.05) is 37.7 Å². The van der Waals surface area contributed by atoms with E-state index in [-0.39, 0.29) is 0 Å². The molecule has 1 heterocycles. The van der Waals surface area contributed by atoms with Gasteiger partial charge in [0.05, 0.1) is 0 Å². The van der Waals surface area contributed by atoms with Crippen LogP contribution in [0.25, 0.3) is 0 Å². The molecule has 1 N–H and O–H groups in total. The van der Waals surface area contributed by atoms with Gasteiger partial charge in [0.25, 0.3) is 0 Å². The fourth-order valence-electron chi connectivity index (χ4n) is 3.62. The highest BCUT2D eigenvalue weighted by atomic mass is 32.2. The molecule has 0 unspecified atom stereocenters. The molecule has 2 fully saturated rings. The number of thioether (sulfide) groups is 1. The van der Waals surface area contributed by atoms with Crippen molar-refractivity contribution >= 4 is 11.8 Å². The Balaban J connectivity index is 1.93. The van der Waals surface area contributed by atoms with Gasteiger partial charge in [-0.3, -0.25) is 0 Å². The second kappa shape index (κ2) is 8.05. The molecule has 20 heavy (non-hydrogen) atoms. The first-order chi connectivity index (χ1) is 9.60. The van der Waals surface area contributed by atoms with Gasteiger partial charge in [-0.05, 0) is 42.9 Å². The molecule has 2 nitrogen and oxygen atoms in total. The predicted molar refractivity (Wildman–Crippen MR) is 91.6 cm³/mol. The largest absolute Gasteiger partial charge is 0.314 e. The van der Waals surface area contributed by atoms with E-state index in [0.29, 0.717) is 11.5 Å². The van der Waals surface area contributed by atoms with Gasteiger partial charge in [-0.1, -0.05) is 33.6 Å². The monoisotopic (exact) mass is 298 g/mol. The molecule has 0 bridgehead atoms. The lowest BCUT2D eigenvalue weighted by atomic mass is 9.70. The van der Waals surface area contributed by atoms with E-state index in [9.17, 15) is 0 Å². The summed E-state index contributed by atoms with van der Waals surface area (Å²) in [5.74, 6) is 3.65. The molecule has 0 aromatic rings. The van der Waals surface area contributed by atoms with Crippen molar-refractivity contribution in [3.63, 3.8) is 0 Å². The van der Waals surface area contributed by atoms with Gasteiger partial charge in [0.1, 0.15) is 0 Å².